The van der Waals surface area contributed by atoms with E-state index in [4.69, 9.17) is 4.74 Å². The van der Waals surface area contributed by atoms with Crippen LogP contribution in [0.25, 0.3) is 0 Å². The minimum atomic E-state index is 0.234. The van der Waals surface area contributed by atoms with Gasteiger partial charge in [-0.1, -0.05) is 18.9 Å². The minimum absolute atomic E-state index is 0.234. The molecule has 19 heavy (non-hydrogen) atoms. The Morgan fingerprint density at radius 3 is 2.53 bits per heavy atom. The molecule has 1 N–H and O–H groups in total. The third-order valence-corrected chi connectivity index (χ3v) is 5.64. The van der Waals surface area contributed by atoms with Crippen molar-refractivity contribution in [2.45, 2.75) is 50.2 Å². The number of benzene rings is 1. The molecule has 2 nitrogen and oxygen atoms in total. The van der Waals surface area contributed by atoms with E-state index in [0.29, 0.717) is 6.10 Å². The van der Waals surface area contributed by atoms with Crippen molar-refractivity contribution >= 4 is 37.5 Å². The Hall–Kier alpha value is -0.0600. The lowest BCUT2D eigenvalue weighted by molar-refractivity contribution is -0.0307. The highest BCUT2D eigenvalue weighted by Crippen LogP contribution is 2.43. The summed E-state index contributed by atoms with van der Waals surface area (Å²) < 4.78 is 8.50. The van der Waals surface area contributed by atoms with Crippen molar-refractivity contribution in [2.75, 3.05) is 11.9 Å². The van der Waals surface area contributed by atoms with Gasteiger partial charge >= 0.3 is 0 Å². The Labute approximate surface area is 131 Å². The third kappa shape index (κ3) is 3.01. The molecule has 1 spiro atoms. The van der Waals surface area contributed by atoms with Gasteiger partial charge in [0, 0.05) is 15.5 Å². The van der Waals surface area contributed by atoms with Crippen molar-refractivity contribution in [1.82, 2.24) is 0 Å². The van der Waals surface area contributed by atoms with Gasteiger partial charge < -0.3 is 10.1 Å². The zero-order chi connectivity index (χ0) is 13.3. The summed E-state index contributed by atoms with van der Waals surface area (Å²) in [5, 5.41) is 3.51. The molecule has 3 rings (SSSR count). The standard InChI is InChI=1S/C15H19Br2NO/c16-12-4-3-5-13(17)14(12)18-10-11-6-9-15(19-11)7-1-2-8-15/h3-5,11,18H,1-2,6-10H2. The number of hydrogen-bond acceptors (Lipinski definition) is 2. The highest BCUT2D eigenvalue weighted by molar-refractivity contribution is 9.11. The smallest absolute Gasteiger partial charge is 0.0756 e. The molecule has 0 amide bonds. The van der Waals surface area contributed by atoms with E-state index in [2.05, 4.69) is 49.3 Å². The van der Waals surface area contributed by atoms with Gasteiger partial charge in [0.2, 0.25) is 0 Å². The molecule has 1 aromatic carbocycles. The number of rotatable bonds is 3. The van der Waals surface area contributed by atoms with E-state index in [9.17, 15) is 0 Å². The predicted octanol–water partition coefficient (Wildman–Crippen LogP) is 5.12. The highest BCUT2D eigenvalue weighted by atomic mass is 79.9. The first-order chi connectivity index (χ1) is 9.19. The zero-order valence-corrected chi connectivity index (χ0v) is 14.1. The molecule has 0 aromatic heterocycles. The Bertz CT molecular complexity index is 437. The van der Waals surface area contributed by atoms with Crippen LogP contribution in [0.15, 0.2) is 27.1 Å². The molecular weight excluding hydrogens is 370 g/mol. The van der Waals surface area contributed by atoms with Gasteiger partial charge in [-0.2, -0.15) is 0 Å². The van der Waals surface area contributed by atoms with Crippen molar-refractivity contribution in [3.8, 4) is 0 Å². The van der Waals surface area contributed by atoms with Gasteiger partial charge in [0.1, 0.15) is 0 Å². The van der Waals surface area contributed by atoms with Crippen LogP contribution in [0.3, 0.4) is 0 Å². The normalized spacial score (nSPS) is 25.1. The van der Waals surface area contributed by atoms with E-state index in [0.717, 1.165) is 21.2 Å². The molecule has 2 aliphatic rings. The summed E-state index contributed by atoms with van der Waals surface area (Å²) in [6.07, 6.45) is 8.01. The molecular formula is C15H19Br2NO. The molecule has 1 atom stereocenters. The first-order valence-electron chi connectivity index (χ1n) is 7.04. The number of anilines is 1. The maximum atomic E-state index is 6.32. The summed E-state index contributed by atoms with van der Waals surface area (Å²) in [6, 6.07) is 6.14. The Morgan fingerprint density at radius 2 is 1.84 bits per heavy atom. The topological polar surface area (TPSA) is 21.3 Å². The molecule has 1 aliphatic heterocycles. The van der Waals surface area contributed by atoms with E-state index >= 15 is 0 Å². The lowest BCUT2D eigenvalue weighted by atomic mass is 9.98. The van der Waals surface area contributed by atoms with Crippen LogP contribution in [0.2, 0.25) is 0 Å². The molecule has 1 unspecified atom stereocenters. The fraction of sp³-hybridized carbons (Fsp3) is 0.600. The molecule has 1 aromatic rings. The quantitative estimate of drug-likeness (QED) is 0.776. The SMILES string of the molecule is Brc1cccc(Br)c1NCC1CCC2(CCCC2)O1. The summed E-state index contributed by atoms with van der Waals surface area (Å²) in [7, 11) is 0. The van der Waals surface area contributed by atoms with Gasteiger partial charge in [-0.3, -0.25) is 0 Å². The maximum absolute atomic E-state index is 6.32. The third-order valence-electron chi connectivity index (χ3n) is 4.32. The molecule has 0 radical (unpaired) electrons. The molecule has 4 heteroatoms. The Morgan fingerprint density at radius 1 is 1.16 bits per heavy atom. The molecule has 1 aliphatic carbocycles. The van der Waals surface area contributed by atoms with Crippen LogP contribution >= 0.6 is 31.9 Å². The minimum Gasteiger partial charge on any atom is -0.381 e. The lowest BCUT2D eigenvalue weighted by Crippen LogP contribution is -2.28. The predicted molar refractivity (Wildman–Crippen MR) is 85.6 cm³/mol. The van der Waals surface area contributed by atoms with Gasteiger partial charge in [-0.05, 0) is 69.7 Å². The van der Waals surface area contributed by atoms with Crippen molar-refractivity contribution in [1.29, 1.82) is 0 Å². The first-order valence-corrected chi connectivity index (χ1v) is 8.63. The number of ether oxygens (including phenoxy) is 1. The van der Waals surface area contributed by atoms with Crippen LogP contribution in [0.5, 0.6) is 0 Å². The van der Waals surface area contributed by atoms with Crippen molar-refractivity contribution in [2.24, 2.45) is 0 Å². The number of para-hydroxylation sites is 1. The number of halogens is 2. The van der Waals surface area contributed by atoms with Crippen LogP contribution in [0.1, 0.15) is 38.5 Å². The van der Waals surface area contributed by atoms with Crippen LogP contribution < -0.4 is 5.32 Å². The van der Waals surface area contributed by atoms with Crippen molar-refractivity contribution in [3.63, 3.8) is 0 Å². The van der Waals surface area contributed by atoms with E-state index in [1.54, 1.807) is 0 Å². The number of nitrogens with one attached hydrogen (secondary N) is 1. The van der Waals surface area contributed by atoms with Crippen LogP contribution in [0.4, 0.5) is 5.69 Å². The Kier molecular flexibility index (Phi) is 4.20. The molecule has 2 fully saturated rings. The second-order valence-corrected chi connectivity index (χ2v) is 7.35. The average Bonchev–Trinajstić information content (AvgIpc) is 3.00. The molecule has 104 valence electrons. The van der Waals surface area contributed by atoms with Crippen LogP contribution in [0, 0.1) is 0 Å². The summed E-state index contributed by atoms with van der Waals surface area (Å²) in [5.41, 5.74) is 1.36. The number of hydrogen-bond donors (Lipinski definition) is 1. The second-order valence-electron chi connectivity index (χ2n) is 5.65. The van der Waals surface area contributed by atoms with E-state index < -0.39 is 0 Å². The zero-order valence-electron chi connectivity index (χ0n) is 10.9. The monoisotopic (exact) mass is 387 g/mol. The van der Waals surface area contributed by atoms with Gasteiger partial charge in [-0.15, -0.1) is 0 Å². The first kappa shape index (κ1) is 13.9. The largest absolute Gasteiger partial charge is 0.381 e. The summed E-state index contributed by atoms with van der Waals surface area (Å²) >= 11 is 7.17. The molecule has 1 saturated carbocycles. The molecule has 1 heterocycles. The average molecular weight is 389 g/mol. The Balaban J connectivity index is 1.59. The van der Waals surface area contributed by atoms with Crippen LogP contribution in [-0.2, 0) is 4.74 Å². The molecule has 1 saturated heterocycles. The fourth-order valence-electron chi connectivity index (χ4n) is 3.31. The van der Waals surface area contributed by atoms with Gasteiger partial charge in [0.05, 0.1) is 17.4 Å². The lowest BCUT2D eigenvalue weighted by Gasteiger charge is -2.24. The fourth-order valence-corrected chi connectivity index (χ4v) is 4.59. The highest BCUT2D eigenvalue weighted by Gasteiger charge is 2.41. The van der Waals surface area contributed by atoms with E-state index in [1.807, 2.05) is 6.07 Å². The summed E-state index contributed by atoms with van der Waals surface area (Å²) in [5.74, 6) is 0. The van der Waals surface area contributed by atoms with E-state index in [1.165, 1.54) is 38.5 Å². The van der Waals surface area contributed by atoms with Crippen molar-refractivity contribution < 1.29 is 4.74 Å². The van der Waals surface area contributed by atoms with Gasteiger partial charge in [-0.25, -0.2) is 0 Å². The van der Waals surface area contributed by atoms with Crippen molar-refractivity contribution in [3.05, 3.63) is 27.1 Å². The van der Waals surface area contributed by atoms with Gasteiger partial charge in [0.25, 0.3) is 0 Å². The summed E-state index contributed by atoms with van der Waals surface area (Å²) in [4.78, 5) is 0. The molecule has 0 bridgehead atoms. The summed E-state index contributed by atoms with van der Waals surface area (Å²) in [6.45, 7) is 0.892. The maximum Gasteiger partial charge on any atom is 0.0756 e. The van der Waals surface area contributed by atoms with Crippen LogP contribution in [-0.4, -0.2) is 18.2 Å². The van der Waals surface area contributed by atoms with E-state index in [-0.39, 0.29) is 5.60 Å². The second kappa shape index (κ2) is 5.74. The van der Waals surface area contributed by atoms with Gasteiger partial charge in [0.15, 0.2) is 0 Å².